The molecule has 1 aromatic heterocycles. The average Bonchev–Trinajstić information content (AvgIpc) is 2.83. The summed E-state index contributed by atoms with van der Waals surface area (Å²) < 4.78 is 23.8. The molecule has 3 aromatic rings. The smallest absolute Gasteiger partial charge is 0.261 e. The summed E-state index contributed by atoms with van der Waals surface area (Å²) in [7, 11) is 3.08. The van der Waals surface area contributed by atoms with Crippen LogP contribution in [0.15, 0.2) is 54.6 Å². The molecule has 4 rings (SSSR count). The van der Waals surface area contributed by atoms with Crippen LogP contribution < -0.4 is 14.4 Å². The zero-order valence-corrected chi connectivity index (χ0v) is 17.4. The van der Waals surface area contributed by atoms with E-state index in [0.717, 1.165) is 11.4 Å². The predicted octanol–water partition coefficient (Wildman–Crippen LogP) is 3.26. The topological polar surface area (TPSA) is 67.8 Å². The summed E-state index contributed by atoms with van der Waals surface area (Å²) in [6.45, 7) is 2.35. The highest BCUT2D eigenvalue weighted by Gasteiger charge is 2.27. The van der Waals surface area contributed by atoms with Crippen LogP contribution >= 0.6 is 0 Å². The number of ether oxygens (including phenoxy) is 2. The fourth-order valence-electron chi connectivity index (χ4n) is 3.63. The number of halogens is 1. The maximum absolute atomic E-state index is 13.1. The van der Waals surface area contributed by atoms with Crippen LogP contribution in [0.5, 0.6) is 11.5 Å². The summed E-state index contributed by atoms with van der Waals surface area (Å²) in [4.78, 5) is 17.0. The minimum atomic E-state index is -0.286. The van der Waals surface area contributed by atoms with Crippen LogP contribution in [0.4, 0.5) is 10.2 Å². The monoisotopic (exact) mass is 422 g/mol. The van der Waals surface area contributed by atoms with Crippen LogP contribution in [0.1, 0.15) is 10.4 Å². The van der Waals surface area contributed by atoms with Crippen LogP contribution in [0.2, 0.25) is 0 Å². The Morgan fingerprint density at radius 1 is 0.871 bits per heavy atom. The Hall–Kier alpha value is -3.68. The molecule has 1 saturated heterocycles. The highest BCUT2D eigenvalue weighted by atomic mass is 19.1. The number of nitrogens with zero attached hydrogens (tertiary/aromatic N) is 4. The Labute approximate surface area is 180 Å². The molecule has 31 heavy (non-hydrogen) atoms. The molecule has 2 heterocycles. The molecule has 2 aromatic carbocycles. The molecule has 0 unspecified atom stereocenters. The first-order chi connectivity index (χ1) is 15.1. The third-order valence-electron chi connectivity index (χ3n) is 5.32. The summed E-state index contributed by atoms with van der Waals surface area (Å²) in [5, 5.41) is 8.60. The summed E-state index contributed by atoms with van der Waals surface area (Å²) in [6, 6.07) is 15.2. The van der Waals surface area contributed by atoms with Crippen molar-refractivity contribution >= 4 is 11.7 Å². The number of amides is 1. The van der Waals surface area contributed by atoms with E-state index >= 15 is 0 Å². The van der Waals surface area contributed by atoms with Gasteiger partial charge >= 0.3 is 0 Å². The molecule has 0 spiro atoms. The van der Waals surface area contributed by atoms with Gasteiger partial charge in [0, 0.05) is 31.7 Å². The third kappa shape index (κ3) is 4.28. The van der Waals surface area contributed by atoms with Crippen molar-refractivity contribution in [2.24, 2.45) is 0 Å². The van der Waals surface area contributed by atoms with Crippen LogP contribution in [0, 0.1) is 5.82 Å². The largest absolute Gasteiger partial charge is 0.496 e. The van der Waals surface area contributed by atoms with Crippen molar-refractivity contribution in [2.45, 2.75) is 0 Å². The highest BCUT2D eigenvalue weighted by Crippen LogP contribution is 2.30. The molecular weight excluding hydrogens is 399 g/mol. The summed E-state index contributed by atoms with van der Waals surface area (Å²) in [5.74, 6) is 1.33. The second kappa shape index (κ2) is 8.99. The molecule has 1 fully saturated rings. The Bertz CT molecular complexity index is 1030. The second-order valence-corrected chi connectivity index (χ2v) is 7.10. The van der Waals surface area contributed by atoms with Gasteiger partial charge in [0.2, 0.25) is 0 Å². The van der Waals surface area contributed by atoms with E-state index in [1.54, 1.807) is 35.2 Å². The lowest BCUT2D eigenvalue weighted by atomic mass is 10.1. The number of anilines is 1. The van der Waals surface area contributed by atoms with E-state index < -0.39 is 0 Å². The first-order valence-corrected chi connectivity index (χ1v) is 9.95. The van der Waals surface area contributed by atoms with Crippen LogP contribution in [0.25, 0.3) is 11.3 Å². The number of hydrogen-bond donors (Lipinski definition) is 0. The number of piperazine rings is 1. The minimum absolute atomic E-state index is 0.119. The van der Waals surface area contributed by atoms with Crippen molar-refractivity contribution in [3.05, 3.63) is 66.0 Å². The molecule has 1 aliphatic rings. The van der Waals surface area contributed by atoms with Gasteiger partial charge in [0.15, 0.2) is 5.82 Å². The predicted molar refractivity (Wildman–Crippen MR) is 115 cm³/mol. The number of aromatic nitrogens is 2. The van der Waals surface area contributed by atoms with Crippen LogP contribution in [-0.2, 0) is 0 Å². The van der Waals surface area contributed by atoms with Crippen molar-refractivity contribution in [1.29, 1.82) is 0 Å². The lowest BCUT2D eigenvalue weighted by molar-refractivity contribution is 0.0739. The average molecular weight is 422 g/mol. The molecule has 160 valence electrons. The van der Waals surface area contributed by atoms with E-state index in [-0.39, 0.29) is 11.7 Å². The maximum Gasteiger partial charge on any atom is 0.261 e. The molecule has 0 bridgehead atoms. The molecular formula is C23H23FN4O3. The molecule has 0 radical (unpaired) electrons. The Morgan fingerprint density at radius 3 is 2.06 bits per heavy atom. The number of hydrogen-bond acceptors (Lipinski definition) is 6. The molecule has 0 atom stereocenters. The second-order valence-electron chi connectivity index (χ2n) is 7.10. The summed E-state index contributed by atoms with van der Waals surface area (Å²) in [6.07, 6.45) is 0. The first-order valence-electron chi connectivity index (χ1n) is 9.95. The number of benzene rings is 2. The van der Waals surface area contributed by atoms with Crippen molar-refractivity contribution in [3.63, 3.8) is 0 Å². The number of methoxy groups -OCH3 is 2. The Kier molecular flexibility index (Phi) is 5.97. The van der Waals surface area contributed by atoms with Crippen LogP contribution in [-0.4, -0.2) is 61.4 Å². The van der Waals surface area contributed by atoms with Gasteiger partial charge in [-0.1, -0.05) is 6.07 Å². The molecule has 0 N–H and O–H groups in total. The zero-order valence-electron chi connectivity index (χ0n) is 17.4. The molecule has 1 amide bonds. The van der Waals surface area contributed by atoms with Gasteiger partial charge in [0.1, 0.15) is 22.9 Å². The fraction of sp³-hybridized carbons (Fsp3) is 0.261. The van der Waals surface area contributed by atoms with Crippen molar-refractivity contribution in [2.75, 3.05) is 45.3 Å². The SMILES string of the molecule is COc1cccc(OC)c1C(=O)N1CCN(c2ccc(-c3ccc(F)cc3)nn2)CC1. The number of carbonyl (C=O) groups excluding carboxylic acids is 1. The van der Waals surface area contributed by atoms with E-state index in [4.69, 9.17) is 9.47 Å². The van der Waals surface area contributed by atoms with E-state index in [2.05, 4.69) is 15.1 Å². The van der Waals surface area contributed by atoms with E-state index in [0.29, 0.717) is 48.9 Å². The standard InChI is InChI=1S/C23H23FN4O3/c1-30-19-4-3-5-20(31-2)22(19)23(29)28-14-12-27(13-15-28)21-11-10-18(25-26-21)16-6-8-17(24)9-7-16/h3-11H,12-15H2,1-2H3. The van der Waals surface area contributed by atoms with Gasteiger partial charge in [-0.05, 0) is 48.5 Å². The number of rotatable bonds is 5. The van der Waals surface area contributed by atoms with E-state index in [1.807, 2.05) is 12.1 Å². The summed E-state index contributed by atoms with van der Waals surface area (Å²) in [5.41, 5.74) is 1.92. The fourth-order valence-corrected chi connectivity index (χ4v) is 3.63. The van der Waals surface area contributed by atoms with Gasteiger partial charge in [0.25, 0.3) is 5.91 Å². The van der Waals surface area contributed by atoms with E-state index in [1.165, 1.54) is 26.4 Å². The normalized spacial score (nSPS) is 13.8. The van der Waals surface area contributed by atoms with Gasteiger partial charge in [-0.25, -0.2) is 4.39 Å². The number of carbonyl (C=O) groups is 1. The third-order valence-corrected chi connectivity index (χ3v) is 5.32. The van der Waals surface area contributed by atoms with Gasteiger partial charge < -0.3 is 19.3 Å². The Morgan fingerprint density at radius 2 is 1.52 bits per heavy atom. The zero-order chi connectivity index (χ0) is 21.8. The van der Waals surface area contributed by atoms with Gasteiger partial charge in [-0.15, -0.1) is 10.2 Å². The first kappa shape index (κ1) is 20.6. The van der Waals surface area contributed by atoms with Crippen LogP contribution in [0.3, 0.4) is 0 Å². The molecule has 0 saturated carbocycles. The van der Waals surface area contributed by atoms with Crippen molar-refractivity contribution < 1.29 is 18.7 Å². The maximum atomic E-state index is 13.1. The lowest BCUT2D eigenvalue weighted by Gasteiger charge is -2.35. The summed E-state index contributed by atoms with van der Waals surface area (Å²) >= 11 is 0. The van der Waals surface area contributed by atoms with Crippen molar-refractivity contribution in [1.82, 2.24) is 15.1 Å². The molecule has 1 aliphatic heterocycles. The highest BCUT2D eigenvalue weighted by molar-refractivity contribution is 5.99. The molecule has 0 aliphatic carbocycles. The van der Waals surface area contributed by atoms with Gasteiger partial charge in [0.05, 0.1) is 19.9 Å². The van der Waals surface area contributed by atoms with Crippen molar-refractivity contribution in [3.8, 4) is 22.8 Å². The van der Waals surface area contributed by atoms with Gasteiger partial charge in [-0.3, -0.25) is 4.79 Å². The lowest BCUT2D eigenvalue weighted by Crippen LogP contribution is -2.49. The van der Waals surface area contributed by atoms with E-state index in [9.17, 15) is 9.18 Å². The minimum Gasteiger partial charge on any atom is -0.496 e. The van der Waals surface area contributed by atoms with Gasteiger partial charge in [-0.2, -0.15) is 0 Å². The Balaban J connectivity index is 1.43. The molecule has 8 heteroatoms. The molecule has 7 nitrogen and oxygen atoms in total. The quantitative estimate of drug-likeness (QED) is 0.629.